The number of nitrogens with zero attached hydrogens (tertiary/aromatic N) is 2. The largest absolute Gasteiger partial charge is 0.480 e. The molecule has 1 aliphatic rings. The summed E-state index contributed by atoms with van der Waals surface area (Å²) in [6, 6.07) is 8.96. The highest BCUT2D eigenvalue weighted by Crippen LogP contribution is 2.28. The van der Waals surface area contributed by atoms with Crippen LogP contribution in [-0.2, 0) is 9.59 Å². The SMILES string of the molecule is CC(C(=O)O)N(CC(=O)N(C)c1ccccc1)C1CC1. The Morgan fingerprint density at radius 2 is 1.90 bits per heavy atom. The summed E-state index contributed by atoms with van der Waals surface area (Å²) in [5.41, 5.74) is 0.816. The van der Waals surface area contributed by atoms with E-state index in [4.69, 9.17) is 5.11 Å². The summed E-state index contributed by atoms with van der Waals surface area (Å²) in [4.78, 5) is 26.8. The van der Waals surface area contributed by atoms with Crippen molar-refractivity contribution in [3.8, 4) is 0 Å². The molecule has 1 saturated carbocycles. The molecule has 0 radical (unpaired) electrons. The zero-order valence-electron chi connectivity index (χ0n) is 11.8. The van der Waals surface area contributed by atoms with Gasteiger partial charge in [-0.25, -0.2) is 0 Å². The smallest absolute Gasteiger partial charge is 0.320 e. The number of hydrogen-bond acceptors (Lipinski definition) is 3. The van der Waals surface area contributed by atoms with E-state index >= 15 is 0 Å². The molecule has 108 valence electrons. The number of carboxylic acid groups (broad SMARTS) is 1. The summed E-state index contributed by atoms with van der Waals surface area (Å²) >= 11 is 0. The fourth-order valence-corrected chi connectivity index (χ4v) is 2.19. The van der Waals surface area contributed by atoms with Gasteiger partial charge in [-0.1, -0.05) is 18.2 Å². The standard InChI is InChI=1S/C15H20N2O3/c1-11(15(19)20)17(13-8-9-13)10-14(18)16(2)12-6-4-3-5-7-12/h3-7,11,13H,8-10H2,1-2H3,(H,19,20). The Kier molecular flexibility index (Phi) is 4.39. The molecule has 1 fully saturated rings. The van der Waals surface area contributed by atoms with Gasteiger partial charge in [-0.3, -0.25) is 14.5 Å². The summed E-state index contributed by atoms with van der Waals surface area (Å²) < 4.78 is 0. The highest BCUT2D eigenvalue weighted by atomic mass is 16.4. The summed E-state index contributed by atoms with van der Waals surface area (Å²) in [6.07, 6.45) is 1.94. The molecule has 1 atom stereocenters. The topological polar surface area (TPSA) is 60.9 Å². The Morgan fingerprint density at radius 1 is 1.30 bits per heavy atom. The predicted octanol–water partition coefficient (Wildman–Crippen LogP) is 1.59. The van der Waals surface area contributed by atoms with E-state index in [0.717, 1.165) is 18.5 Å². The van der Waals surface area contributed by atoms with Crippen LogP contribution in [0, 0.1) is 0 Å². The normalized spacial score (nSPS) is 15.9. The molecule has 0 spiro atoms. The van der Waals surface area contributed by atoms with Crippen LogP contribution >= 0.6 is 0 Å². The van der Waals surface area contributed by atoms with Crippen LogP contribution in [0.25, 0.3) is 0 Å². The molecular formula is C15H20N2O3. The average Bonchev–Trinajstić information content (AvgIpc) is 3.28. The number of rotatable bonds is 6. The van der Waals surface area contributed by atoms with Gasteiger partial charge in [0.15, 0.2) is 0 Å². The Morgan fingerprint density at radius 3 is 2.40 bits per heavy atom. The van der Waals surface area contributed by atoms with Crippen molar-refractivity contribution >= 4 is 17.6 Å². The first-order valence-corrected chi connectivity index (χ1v) is 6.81. The molecule has 0 aromatic heterocycles. The van der Waals surface area contributed by atoms with Crippen molar-refractivity contribution in [2.75, 3.05) is 18.5 Å². The van der Waals surface area contributed by atoms with Crippen molar-refractivity contribution in [1.29, 1.82) is 0 Å². The van der Waals surface area contributed by atoms with E-state index in [1.54, 1.807) is 23.8 Å². The molecular weight excluding hydrogens is 256 g/mol. The number of para-hydroxylation sites is 1. The zero-order chi connectivity index (χ0) is 14.7. The van der Waals surface area contributed by atoms with E-state index in [1.807, 2.05) is 30.3 Å². The number of carbonyl (C=O) groups excluding carboxylic acids is 1. The van der Waals surface area contributed by atoms with Crippen LogP contribution in [0.3, 0.4) is 0 Å². The second-order valence-electron chi connectivity index (χ2n) is 5.21. The third kappa shape index (κ3) is 3.36. The minimum Gasteiger partial charge on any atom is -0.480 e. The van der Waals surface area contributed by atoms with E-state index in [0.29, 0.717) is 0 Å². The number of hydrogen-bond donors (Lipinski definition) is 1. The molecule has 1 aliphatic carbocycles. The van der Waals surface area contributed by atoms with Gasteiger partial charge in [-0.2, -0.15) is 0 Å². The first-order chi connectivity index (χ1) is 9.50. The van der Waals surface area contributed by atoms with E-state index in [2.05, 4.69) is 0 Å². The van der Waals surface area contributed by atoms with Gasteiger partial charge in [0.1, 0.15) is 6.04 Å². The van der Waals surface area contributed by atoms with Gasteiger partial charge >= 0.3 is 5.97 Å². The number of amides is 1. The third-order valence-electron chi connectivity index (χ3n) is 3.71. The molecule has 2 rings (SSSR count). The van der Waals surface area contributed by atoms with Gasteiger partial charge in [0, 0.05) is 18.8 Å². The first kappa shape index (κ1) is 14.5. The monoisotopic (exact) mass is 276 g/mol. The molecule has 20 heavy (non-hydrogen) atoms. The fraction of sp³-hybridized carbons (Fsp3) is 0.467. The molecule has 0 bridgehead atoms. The molecule has 0 heterocycles. The van der Waals surface area contributed by atoms with E-state index in [-0.39, 0.29) is 18.5 Å². The van der Waals surface area contributed by atoms with Crippen LogP contribution < -0.4 is 4.90 Å². The maximum absolute atomic E-state index is 12.3. The Labute approximate surface area is 118 Å². The first-order valence-electron chi connectivity index (χ1n) is 6.81. The minimum absolute atomic E-state index is 0.0869. The van der Waals surface area contributed by atoms with Gasteiger partial charge in [-0.05, 0) is 31.9 Å². The highest BCUT2D eigenvalue weighted by Gasteiger charge is 2.36. The van der Waals surface area contributed by atoms with Crippen molar-refractivity contribution in [3.63, 3.8) is 0 Å². The molecule has 1 N–H and O–H groups in total. The predicted molar refractivity (Wildman–Crippen MR) is 76.7 cm³/mol. The number of anilines is 1. The summed E-state index contributed by atoms with van der Waals surface area (Å²) in [5.74, 6) is -0.969. The molecule has 1 aromatic rings. The lowest BCUT2D eigenvalue weighted by molar-refractivity contribution is -0.143. The lowest BCUT2D eigenvalue weighted by Gasteiger charge is -2.27. The molecule has 5 nitrogen and oxygen atoms in total. The number of benzene rings is 1. The van der Waals surface area contributed by atoms with Crippen LogP contribution in [0.2, 0.25) is 0 Å². The summed E-state index contributed by atoms with van der Waals surface area (Å²) in [5, 5.41) is 9.13. The van der Waals surface area contributed by atoms with Crippen molar-refractivity contribution in [1.82, 2.24) is 4.90 Å². The average molecular weight is 276 g/mol. The van der Waals surface area contributed by atoms with Crippen LogP contribution in [0.1, 0.15) is 19.8 Å². The number of carbonyl (C=O) groups is 2. The molecule has 0 aliphatic heterocycles. The number of aliphatic carboxylic acids is 1. The van der Waals surface area contributed by atoms with E-state index in [9.17, 15) is 9.59 Å². The van der Waals surface area contributed by atoms with Gasteiger partial charge < -0.3 is 10.0 Å². The van der Waals surface area contributed by atoms with Crippen molar-refractivity contribution in [2.24, 2.45) is 0 Å². The molecule has 0 saturated heterocycles. The van der Waals surface area contributed by atoms with Gasteiger partial charge in [0.05, 0.1) is 6.54 Å². The lowest BCUT2D eigenvalue weighted by Crippen LogP contribution is -2.46. The quantitative estimate of drug-likeness (QED) is 0.857. The minimum atomic E-state index is -0.882. The van der Waals surface area contributed by atoms with E-state index < -0.39 is 12.0 Å². The molecule has 1 aromatic carbocycles. The fourth-order valence-electron chi connectivity index (χ4n) is 2.19. The summed E-state index contributed by atoms with van der Waals surface area (Å²) in [7, 11) is 1.72. The van der Waals surface area contributed by atoms with Crippen molar-refractivity contribution in [3.05, 3.63) is 30.3 Å². The van der Waals surface area contributed by atoms with Crippen molar-refractivity contribution < 1.29 is 14.7 Å². The Hall–Kier alpha value is -1.88. The van der Waals surface area contributed by atoms with Crippen LogP contribution in [0.5, 0.6) is 0 Å². The zero-order valence-corrected chi connectivity index (χ0v) is 11.8. The Bertz CT molecular complexity index is 485. The van der Waals surface area contributed by atoms with Gasteiger partial charge in [0.25, 0.3) is 0 Å². The summed E-state index contributed by atoms with van der Waals surface area (Å²) in [6.45, 7) is 1.78. The maximum atomic E-state index is 12.3. The highest BCUT2D eigenvalue weighted by molar-refractivity contribution is 5.94. The van der Waals surface area contributed by atoms with Crippen LogP contribution in [-0.4, -0.2) is 47.6 Å². The number of carboxylic acids is 1. The number of likely N-dealkylation sites (N-methyl/N-ethyl adjacent to an activating group) is 1. The Balaban J connectivity index is 2.03. The molecule has 5 heteroatoms. The lowest BCUT2D eigenvalue weighted by atomic mass is 10.2. The molecule has 1 amide bonds. The van der Waals surface area contributed by atoms with Crippen LogP contribution in [0.4, 0.5) is 5.69 Å². The van der Waals surface area contributed by atoms with Crippen LogP contribution in [0.15, 0.2) is 30.3 Å². The van der Waals surface area contributed by atoms with Crippen molar-refractivity contribution in [2.45, 2.75) is 31.8 Å². The second-order valence-corrected chi connectivity index (χ2v) is 5.21. The van der Waals surface area contributed by atoms with Gasteiger partial charge in [-0.15, -0.1) is 0 Å². The third-order valence-corrected chi connectivity index (χ3v) is 3.71. The maximum Gasteiger partial charge on any atom is 0.320 e. The second kappa shape index (κ2) is 6.05. The molecule has 1 unspecified atom stereocenters. The van der Waals surface area contributed by atoms with E-state index in [1.165, 1.54) is 0 Å². The van der Waals surface area contributed by atoms with Gasteiger partial charge in [0.2, 0.25) is 5.91 Å².